The molecule has 0 spiro atoms. The highest BCUT2D eigenvalue weighted by Crippen LogP contribution is 2.27. The van der Waals surface area contributed by atoms with Crippen LogP contribution < -0.4 is 4.90 Å². The molecule has 0 bridgehead atoms. The van der Waals surface area contributed by atoms with Crippen molar-refractivity contribution in [3.63, 3.8) is 0 Å². The smallest absolute Gasteiger partial charge is 0.135 e. The summed E-state index contributed by atoms with van der Waals surface area (Å²) in [5.74, 6) is 1.06. The first-order valence-corrected chi connectivity index (χ1v) is 10.1. The summed E-state index contributed by atoms with van der Waals surface area (Å²) in [4.78, 5) is 16.5. The molecule has 146 valence electrons. The molecule has 0 aromatic carbocycles. The van der Waals surface area contributed by atoms with Gasteiger partial charge in [0.05, 0.1) is 0 Å². The third kappa shape index (κ3) is 4.18. The maximum absolute atomic E-state index is 9.63. The van der Waals surface area contributed by atoms with Crippen LogP contribution in [0.5, 0.6) is 0 Å². The van der Waals surface area contributed by atoms with E-state index >= 15 is 0 Å². The molecule has 0 amide bonds. The quantitative estimate of drug-likeness (QED) is 0.864. The SMILES string of the molecule is Cc1ncnc(N2CCN(C3CCN(C(C)C)CC3)[C@@H](CCO)C2)c1C. The predicted octanol–water partition coefficient (Wildman–Crippen LogP) is 1.84. The minimum Gasteiger partial charge on any atom is -0.396 e. The molecule has 0 radical (unpaired) electrons. The second-order valence-electron chi connectivity index (χ2n) is 8.12. The third-order valence-corrected chi connectivity index (χ3v) is 6.30. The normalized spacial score (nSPS) is 23.8. The number of hydrogen-bond donors (Lipinski definition) is 1. The Hall–Kier alpha value is -1.24. The molecule has 1 atom stereocenters. The summed E-state index contributed by atoms with van der Waals surface area (Å²) in [7, 11) is 0. The Morgan fingerprint density at radius 3 is 2.50 bits per heavy atom. The van der Waals surface area contributed by atoms with Crippen molar-refractivity contribution in [1.82, 2.24) is 19.8 Å². The van der Waals surface area contributed by atoms with Crippen molar-refractivity contribution in [2.75, 3.05) is 44.2 Å². The Balaban J connectivity index is 1.68. The van der Waals surface area contributed by atoms with E-state index in [2.05, 4.69) is 45.4 Å². The van der Waals surface area contributed by atoms with Gasteiger partial charge in [-0.05, 0) is 60.0 Å². The summed E-state index contributed by atoms with van der Waals surface area (Å²) in [6, 6.07) is 1.70. The fraction of sp³-hybridized carbons (Fsp3) is 0.800. The fourth-order valence-corrected chi connectivity index (χ4v) is 4.53. The van der Waals surface area contributed by atoms with Crippen LogP contribution in [0.3, 0.4) is 0 Å². The van der Waals surface area contributed by atoms with Crippen molar-refractivity contribution in [3.8, 4) is 0 Å². The van der Waals surface area contributed by atoms with Crippen molar-refractivity contribution in [2.24, 2.45) is 0 Å². The molecule has 2 aliphatic rings. The van der Waals surface area contributed by atoms with Crippen LogP contribution >= 0.6 is 0 Å². The lowest BCUT2D eigenvalue weighted by Gasteiger charge is -2.48. The summed E-state index contributed by atoms with van der Waals surface area (Å²) in [5, 5.41) is 9.63. The van der Waals surface area contributed by atoms with E-state index in [9.17, 15) is 5.11 Å². The number of aliphatic hydroxyl groups is 1. The number of piperidine rings is 1. The van der Waals surface area contributed by atoms with Gasteiger partial charge in [-0.15, -0.1) is 0 Å². The van der Waals surface area contributed by atoms with E-state index in [4.69, 9.17) is 0 Å². The molecule has 0 saturated carbocycles. The van der Waals surface area contributed by atoms with Gasteiger partial charge in [0.25, 0.3) is 0 Å². The molecule has 2 aliphatic heterocycles. The highest BCUT2D eigenvalue weighted by Gasteiger charge is 2.34. The molecule has 0 unspecified atom stereocenters. The van der Waals surface area contributed by atoms with Crippen molar-refractivity contribution < 1.29 is 5.11 Å². The summed E-state index contributed by atoms with van der Waals surface area (Å²) < 4.78 is 0. The van der Waals surface area contributed by atoms with Gasteiger partial charge in [-0.25, -0.2) is 9.97 Å². The van der Waals surface area contributed by atoms with Gasteiger partial charge in [-0.1, -0.05) is 0 Å². The van der Waals surface area contributed by atoms with Crippen molar-refractivity contribution in [3.05, 3.63) is 17.6 Å². The number of hydrogen-bond acceptors (Lipinski definition) is 6. The van der Waals surface area contributed by atoms with Gasteiger partial charge in [0.15, 0.2) is 0 Å². The van der Waals surface area contributed by atoms with E-state index in [1.807, 2.05) is 6.92 Å². The molecule has 1 N–H and O–H groups in total. The zero-order chi connectivity index (χ0) is 18.7. The van der Waals surface area contributed by atoms with Crippen LogP contribution in [0.25, 0.3) is 0 Å². The van der Waals surface area contributed by atoms with Gasteiger partial charge >= 0.3 is 0 Å². The molecular weight excluding hydrogens is 326 g/mol. The van der Waals surface area contributed by atoms with Crippen LogP contribution in [0.4, 0.5) is 5.82 Å². The maximum Gasteiger partial charge on any atom is 0.135 e. The largest absolute Gasteiger partial charge is 0.396 e. The molecular formula is C20H35N5O. The Morgan fingerprint density at radius 1 is 1.12 bits per heavy atom. The third-order valence-electron chi connectivity index (χ3n) is 6.30. The minimum atomic E-state index is 0.252. The van der Waals surface area contributed by atoms with Gasteiger partial charge in [0.1, 0.15) is 12.1 Å². The molecule has 3 rings (SSSR count). The molecule has 1 aromatic rings. The van der Waals surface area contributed by atoms with E-state index in [-0.39, 0.29) is 6.61 Å². The topological polar surface area (TPSA) is 55.7 Å². The second kappa shape index (κ2) is 8.63. The summed E-state index contributed by atoms with van der Waals surface area (Å²) >= 11 is 0. The minimum absolute atomic E-state index is 0.252. The number of aromatic nitrogens is 2. The number of piperazine rings is 1. The number of aliphatic hydroxyl groups excluding tert-OH is 1. The molecule has 2 saturated heterocycles. The average molecular weight is 362 g/mol. The summed E-state index contributed by atoms with van der Waals surface area (Å²) in [5.41, 5.74) is 2.23. The molecule has 3 heterocycles. The van der Waals surface area contributed by atoms with Gasteiger partial charge in [0.2, 0.25) is 0 Å². The lowest BCUT2D eigenvalue weighted by atomic mass is 9.97. The van der Waals surface area contributed by atoms with E-state index < -0.39 is 0 Å². The zero-order valence-electron chi connectivity index (χ0n) is 16.9. The maximum atomic E-state index is 9.63. The first-order valence-electron chi connectivity index (χ1n) is 10.1. The Bertz CT molecular complexity index is 586. The highest BCUT2D eigenvalue weighted by atomic mass is 16.3. The van der Waals surface area contributed by atoms with Crippen LogP contribution in [0.2, 0.25) is 0 Å². The van der Waals surface area contributed by atoms with E-state index in [1.165, 1.54) is 31.5 Å². The molecule has 6 nitrogen and oxygen atoms in total. The van der Waals surface area contributed by atoms with Crippen LogP contribution in [-0.2, 0) is 0 Å². The van der Waals surface area contributed by atoms with Crippen molar-refractivity contribution in [2.45, 2.75) is 65.1 Å². The highest BCUT2D eigenvalue weighted by molar-refractivity contribution is 5.48. The van der Waals surface area contributed by atoms with Crippen LogP contribution in [0.1, 0.15) is 44.4 Å². The molecule has 6 heteroatoms. The first kappa shape index (κ1) is 19.5. The average Bonchev–Trinajstić information content (AvgIpc) is 2.64. The second-order valence-corrected chi connectivity index (χ2v) is 8.12. The molecule has 2 fully saturated rings. The molecule has 0 aliphatic carbocycles. The standard InChI is InChI=1S/C20H35N5O/c1-15(2)23-8-5-18(6-9-23)25-11-10-24(13-19(25)7-12-26)20-16(3)17(4)21-14-22-20/h14-15,18-19,26H,5-13H2,1-4H3/t19-/m0/s1. The Kier molecular flexibility index (Phi) is 6.48. The van der Waals surface area contributed by atoms with Crippen LogP contribution in [-0.4, -0.2) is 82.3 Å². The summed E-state index contributed by atoms with van der Waals surface area (Å²) in [6.07, 6.45) is 4.99. The van der Waals surface area contributed by atoms with Gasteiger partial charge in [0, 0.05) is 55.6 Å². The first-order chi connectivity index (χ1) is 12.5. The Labute approximate surface area is 158 Å². The van der Waals surface area contributed by atoms with Crippen LogP contribution in [0.15, 0.2) is 6.33 Å². The number of likely N-dealkylation sites (tertiary alicyclic amines) is 1. The van der Waals surface area contributed by atoms with E-state index in [0.717, 1.165) is 37.6 Å². The number of nitrogens with zero attached hydrogens (tertiary/aromatic N) is 5. The molecule has 1 aromatic heterocycles. The van der Waals surface area contributed by atoms with E-state index in [1.54, 1.807) is 6.33 Å². The van der Waals surface area contributed by atoms with E-state index in [0.29, 0.717) is 18.1 Å². The lowest BCUT2D eigenvalue weighted by Crippen LogP contribution is -2.59. The predicted molar refractivity (Wildman–Crippen MR) is 106 cm³/mol. The van der Waals surface area contributed by atoms with Crippen LogP contribution in [0, 0.1) is 13.8 Å². The van der Waals surface area contributed by atoms with Gasteiger partial charge < -0.3 is 14.9 Å². The molecule has 26 heavy (non-hydrogen) atoms. The van der Waals surface area contributed by atoms with Gasteiger partial charge in [-0.3, -0.25) is 4.90 Å². The zero-order valence-corrected chi connectivity index (χ0v) is 16.9. The van der Waals surface area contributed by atoms with Gasteiger partial charge in [-0.2, -0.15) is 0 Å². The fourth-order valence-electron chi connectivity index (χ4n) is 4.53. The van der Waals surface area contributed by atoms with Crippen molar-refractivity contribution >= 4 is 5.82 Å². The lowest BCUT2D eigenvalue weighted by molar-refractivity contribution is 0.0462. The number of aryl methyl sites for hydroxylation is 1. The summed E-state index contributed by atoms with van der Waals surface area (Å²) in [6.45, 7) is 14.4. The number of anilines is 1. The monoisotopic (exact) mass is 361 g/mol. The Morgan fingerprint density at radius 2 is 1.85 bits per heavy atom. The number of rotatable bonds is 5. The van der Waals surface area contributed by atoms with Crippen molar-refractivity contribution in [1.29, 1.82) is 0 Å².